The molecule has 1 aromatic carbocycles. The lowest BCUT2D eigenvalue weighted by atomic mass is 10.1. The van der Waals surface area contributed by atoms with Crippen molar-refractivity contribution in [1.82, 2.24) is 10.2 Å². The molecule has 2 aliphatic rings. The Kier molecular flexibility index (Phi) is 5.24. The van der Waals surface area contributed by atoms with Crippen molar-refractivity contribution in [3.63, 3.8) is 0 Å². The van der Waals surface area contributed by atoms with Crippen molar-refractivity contribution in [3.05, 3.63) is 33.8 Å². The molecule has 1 N–H and O–H groups in total. The molecule has 2 fully saturated rings. The van der Waals surface area contributed by atoms with Gasteiger partial charge in [-0.1, -0.05) is 29.3 Å². The van der Waals surface area contributed by atoms with E-state index in [-0.39, 0.29) is 12.0 Å². The monoisotopic (exact) mass is 342 g/mol. The molecule has 0 bridgehead atoms. The predicted molar refractivity (Wildman–Crippen MR) is 87.4 cm³/mol. The molecule has 1 amide bonds. The first kappa shape index (κ1) is 16.1. The summed E-state index contributed by atoms with van der Waals surface area (Å²) < 4.78 is 5.80. The van der Waals surface area contributed by atoms with Gasteiger partial charge < -0.3 is 15.0 Å². The maximum atomic E-state index is 12.4. The molecule has 0 aromatic heterocycles. The largest absolute Gasteiger partial charge is 0.370 e. The van der Waals surface area contributed by atoms with E-state index in [1.807, 2.05) is 17.0 Å². The predicted octanol–water partition coefficient (Wildman–Crippen LogP) is 3.04. The summed E-state index contributed by atoms with van der Waals surface area (Å²) >= 11 is 12.0. The van der Waals surface area contributed by atoms with Crippen molar-refractivity contribution in [3.8, 4) is 0 Å². The Hall–Kier alpha value is -0.810. The van der Waals surface area contributed by atoms with E-state index in [0.717, 1.165) is 24.9 Å². The maximum Gasteiger partial charge on any atom is 0.224 e. The van der Waals surface area contributed by atoms with Crippen LogP contribution in [0.25, 0.3) is 0 Å². The van der Waals surface area contributed by atoms with E-state index in [1.165, 1.54) is 0 Å². The minimum atomic E-state index is -0.135. The van der Waals surface area contributed by atoms with Gasteiger partial charge in [0, 0.05) is 19.0 Å². The van der Waals surface area contributed by atoms with Crippen LogP contribution in [0.15, 0.2) is 18.2 Å². The highest BCUT2D eigenvalue weighted by Gasteiger charge is 2.28. The van der Waals surface area contributed by atoms with E-state index in [2.05, 4.69) is 5.32 Å². The van der Waals surface area contributed by atoms with E-state index < -0.39 is 0 Å². The molecule has 2 aliphatic heterocycles. The zero-order valence-corrected chi connectivity index (χ0v) is 13.9. The second kappa shape index (κ2) is 7.18. The average molecular weight is 343 g/mol. The van der Waals surface area contributed by atoms with Crippen LogP contribution in [0.2, 0.25) is 10.0 Å². The van der Waals surface area contributed by atoms with Crippen LogP contribution in [-0.2, 0) is 9.53 Å². The van der Waals surface area contributed by atoms with Crippen molar-refractivity contribution in [2.45, 2.75) is 31.4 Å². The number of hydrogen-bond donors (Lipinski definition) is 1. The van der Waals surface area contributed by atoms with Gasteiger partial charge in [0.05, 0.1) is 23.2 Å². The fourth-order valence-electron chi connectivity index (χ4n) is 3.06. The first-order valence-electron chi connectivity index (χ1n) is 7.71. The standard InChI is InChI=1S/C16H20Cl2N2O2/c17-13-4-3-11(8-14(13)18)15-10-20(6-7-22-15)16(21)9-12-2-1-5-19-12/h3-4,8,12,15,19H,1-2,5-7,9-10H2. The average Bonchev–Trinajstić information content (AvgIpc) is 3.03. The van der Waals surface area contributed by atoms with Gasteiger partial charge in [-0.3, -0.25) is 4.79 Å². The third-order valence-corrected chi connectivity index (χ3v) is 5.06. The van der Waals surface area contributed by atoms with Gasteiger partial charge in [-0.05, 0) is 37.1 Å². The highest BCUT2D eigenvalue weighted by Crippen LogP contribution is 2.29. The Morgan fingerprint density at radius 3 is 2.95 bits per heavy atom. The number of carbonyl (C=O) groups excluding carboxylic acids is 1. The molecule has 2 saturated heterocycles. The summed E-state index contributed by atoms with van der Waals surface area (Å²) in [5.74, 6) is 0.202. The fourth-order valence-corrected chi connectivity index (χ4v) is 3.37. The summed E-state index contributed by atoms with van der Waals surface area (Å²) in [4.78, 5) is 14.3. The summed E-state index contributed by atoms with van der Waals surface area (Å²) in [5, 5.41) is 4.42. The molecule has 6 heteroatoms. The second-order valence-corrected chi connectivity index (χ2v) is 6.68. The Balaban J connectivity index is 1.63. The van der Waals surface area contributed by atoms with Crippen molar-refractivity contribution in [2.24, 2.45) is 0 Å². The number of amides is 1. The van der Waals surface area contributed by atoms with Crippen molar-refractivity contribution in [1.29, 1.82) is 0 Å². The molecule has 1 aromatic rings. The summed E-state index contributed by atoms with van der Waals surface area (Å²) in [6.45, 7) is 2.80. The molecule has 2 unspecified atom stereocenters. The quantitative estimate of drug-likeness (QED) is 0.917. The molecule has 4 nitrogen and oxygen atoms in total. The number of nitrogens with zero attached hydrogens (tertiary/aromatic N) is 1. The van der Waals surface area contributed by atoms with Crippen LogP contribution in [0.3, 0.4) is 0 Å². The number of morpholine rings is 1. The zero-order chi connectivity index (χ0) is 15.5. The van der Waals surface area contributed by atoms with Crippen LogP contribution in [0, 0.1) is 0 Å². The molecule has 0 saturated carbocycles. The van der Waals surface area contributed by atoms with E-state index in [1.54, 1.807) is 6.07 Å². The van der Waals surface area contributed by atoms with Crippen LogP contribution < -0.4 is 5.32 Å². The molecule has 0 aliphatic carbocycles. The van der Waals surface area contributed by atoms with E-state index in [4.69, 9.17) is 27.9 Å². The van der Waals surface area contributed by atoms with Crippen LogP contribution in [0.5, 0.6) is 0 Å². The number of halogens is 2. The lowest BCUT2D eigenvalue weighted by molar-refractivity contribution is -0.139. The first-order chi connectivity index (χ1) is 10.6. The minimum Gasteiger partial charge on any atom is -0.370 e. The number of rotatable bonds is 3. The smallest absolute Gasteiger partial charge is 0.224 e. The maximum absolute atomic E-state index is 12.4. The molecule has 0 radical (unpaired) electrons. The van der Waals surface area contributed by atoms with Gasteiger partial charge >= 0.3 is 0 Å². The van der Waals surface area contributed by atoms with Crippen LogP contribution in [0.1, 0.15) is 30.9 Å². The normalized spacial score (nSPS) is 25.5. The Morgan fingerprint density at radius 2 is 2.23 bits per heavy atom. The summed E-state index contributed by atoms with van der Waals surface area (Å²) in [5.41, 5.74) is 0.964. The zero-order valence-electron chi connectivity index (χ0n) is 12.4. The number of hydrogen-bond acceptors (Lipinski definition) is 3. The topological polar surface area (TPSA) is 41.6 Å². The van der Waals surface area contributed by atoms with Crippen LogP contribution in [-0.4, -0.2) is 43.1 Å². The molecule has 120 valence electrons. The fraction of sp³-hybridized carbons (Fsp3) is 0.562. The van der Waals surface area contributed by atoms with Crippen LogP contribution >= 0.6 is 23.2 Å². The van der Waals surface area contributed by atoms with Gasteiger partial charge in [-0.2, -0.15) is 0 Å². The van der Waals surface area contributed by atoms with Gasteiger partial charge in [-0.25, -0.2) is 0 Å². The third kappa shape index (κ3) is 3.74. The second-order valence-electron chi connectivity index (χ2n) is 5.87. The first-order valence-corrected chi connectivity index (χ1v) is 8.47. The van der Waals surface area contributed by atoms with E-state index in [9.17, 15) is 4.79 Å². The Morgan fingerprint density at radius 1 is 1.36 bits per heavy atom. The molecule has 22 heavy (non-hydrogen) atoms. The molecule has 0 spiro atoms. The van der Waals surface area contributed by atoms with Gasteiger partial charge in [0.25, 0.3) is 0 Å². The van der Waals surface area contributed by atoms with E-state index >= 15 is 0 Å². The SMILES string of the molecule is O=C(CC1CCCN1)N1CCOC(c2ccc(Cl)c(Cl)c2)C1. The molecule has 2 heterocycles. The summed E-state index contributed by atoms with van der Waals surface area (Å²) in [7, 11) is 0. The number of nitrogens with one attached hydrogen (secondary N) is 1. The molecule has 2 atom stereocenters. The van der Waals surface area contributed by atoms with Crippen molar-refractivity contribution in [2.75, 3.05) is 26.2 Å². The molecule has 3 rings (SSSR count). The number of ether oxygens (including phenoxy) is 1. The van der Waals surface area contributed by atoms with Crippen LogP contribution in [0.4, 0.5) is 0 Å². The van der Waals surface area contributed by atoms with Gasteiger partial charge in [-0.15, -0.1) is 0 Å². The van der Waals surface area contributed by atoms with Gasteiger partial charge in [0.1, 0.15) is 6.10 Å². The van der Waals surface area contributed by atoms with Crippen molar-refractivity contribution >= 4 is 29.1 Å². The number of carbonyl (C=O) groups is 1. The highest BCUT2D eigenvalue weighted by molar-refractivity contribution is 6.42. The minimum absolute atomic E-state index is 0.135. The summed E-state index contributed by atoms with van der Waals surface area (Å²) in [6.07, 6.45) is 2.69. The lowest BCUT2D eigenvalue weighted by Crippen LogP contribution is -2.44. The third-order valence-electron chi connectivity index (χ3n) is 4.32. The summed E-state index contributed by atoms with van der Waals surface area (Å²) in [6, 6.07) is 5.83. The Bertz CT molecular complexity index is 547. The number of benzene rings is 1. The van der Waals surface area contributed by atoms with Gasteiger partial charge in [0.15, 0.2) is 0 Å². The van der Waals surface area contributed by atoms with Crippen molar-refractivity contribution < 1.29 is 9.53 Å². The molecular formula is C16H20Cl2N2O2. The molecular weight excluding hydrogens is 323 g/mol. The Labute approximate surface area is 140 Å². The highest BCUT2D eigenvalue weighted by atomic mass is 35.5. The lowest BCUT2D eigenvalue weighted by Gasteiger charge is -2.34. The van der Waals surface area contributed by atoms with Gasteiger partial charge in [0.2, 0.25) is 5.91 Å². The van der Waals surface area contributed by atoms with E-state index in [0.29, 0.717) is 42.2 Å².